The summed E-state index contributed by atoms with van der Waals surface area (Å²) in [6.07, 6.45) is 7.90. The van der Waals surface area contributed by atoms with Gasteiger partial charge in [-0.05, 0) is 42.9 Å². The summed E-state index contributed by atoms with van der Waals surface area (Å²) in [5.74, 6) is 2.04. The van der Waals surface area contributed by atoms with Gasteiger partial charge in [0.05, 0.1) is 4.90 Å². The Morgan fingerprint density at radius 2 is 1.77 bits per heavy atom. The Bertz CT molecular complexity index is 799. The number of nitrogens with one attached hydrogen (secondary N) is 2. The van der Waals surface area contributed by atoms with Crippen molar-refractivity contribution in [3.05, 3.63) is 18.2 Å². The number of ether oxygens (including phenoxy) is 2. The molecule has 0 radical (unpaired) electrons. The van der Waals surface area contributed by atoms with Crippen molar-refractivity contribution in [3.8, 4) is 11.5 Å². The third-order valence-corrected chi connectivity index (χ3v) is 7.17. The van der Waals surface area contributed by atoms with Crippen LogP contribution in [0.1, 0.15) is 52.4 Å². The maximum absolute atomic E-state index is 12.9. The van der Waals surface area contributed by atoms with Gasteiger partial charge in [-0.1, -0.05) is 39.5 Å². The molecular formula is C22H36N2O5S2. The minimum absolute atomic E-state index is 0.0591. The van der Waals surface area contributed by atoms with Gasteiger partial charge in [-0.15, -0.1) is 0 Å². The van der Waals surface area contributed by atoms with E-state index in [1.54, 1.807) is 17.8 Å². The lowest BCUT2D eigenvalue weighted by atomic mass is 10.0. The third-order valence-electron chi connectivity index (χ3n) is 5.06. The monoisotopic (exact) mass is 472 g/mol. The highest BCUT2D eigenvalue weighted by atomic mass is 32.2. The first-order valence-corrected chi connectivity index (χ1v) is 13.9. The van der Waals surface area contributed by atoms with Gasteiger partial charge >= 0.3 is 0 Å². The molecule has 0 aliphatic carbocycles. The molecule has 1 aliphatic rings. The van der Waals surface area contributed by atoms with Crippen LogP contribution in [0.4, 0.5) is 0 Å². The van der Waals surface area contributed by atoms with E-state index in [-0.39, 0.29) is 10.8 Å². The number of hydrogen-bond acceptors (Lipinski definition) is 6. The van der Waals surface area contributed by atoms with Crippen LogP contribution in [0.3, 0.4) is 0 Å². The number of carbonyl (C=O) groups excluding carboxylic acids is 1. The van der Waals surface area contributed by atoms with Crippen LogP contribution in [0.5, 0.6) is 11.5 Å². The predicted octanol–water partition coefficient (Wildman–Crippen LogP) is 3.58. The van der Waals surface area contributed by atoms with Crippen molar-refractivity contribution in [1.29, 1.82) is 0 Å². The van der Waals surface area contributed by atoms with Gasteiger partial charge in [-0.25, -0.2) is 8.42 Å². The predicted molar refractivity (Wildman–Crippen MR) is 125 cm³/mol. The Hall–Kier alpha value is -1.45. The minimum Gasteiger partial charge on any atom is -0.486 e. The van der Waals surface area contributed by atoms with Crippen LogP contribution in [-0.2, 0) is 14.8 Å². The lowest BCUT2D eigenvalue weighted by Gasteiger charge is -2.21. The molecule has 1 aliphatic heterocycles. The fraction of sp³-hybridized carbons (Fsp3) is 0.682. The molecule has 2 rings (SSSR count). The molecule has 0 bridgehead atoms. The van der Waals surface area contributed by atoms with E-state index in [4.69, 9.17) is 9.47 Å². The first-order valence-electron chi connectivity index (χ1n) is 11.0. The highest BCUT2D eigenvalue weighted by Crippen LogP contribution is 2.32. The molecule has 1 unspecified atom stereocenters. The molecule has 0 saturated heterocycles. The zero-order chi connectivity index (χ0) is 22.7. The number of carbonyl (C=O) groups is 1. The summed E-state index contributed by atoms with van der Waals surface area (Å²) in [6, 6.07) is 3.68. The maximum Gasteiger partial charge on any atom is 0.241 e. The van der Waals surface area contributed by atoms with Gasteiger partial charge in [-0.2, -0.15) is 16.5 Å². The number of hydrogen-bond donors (Lipinski definition) is 2. The summed E-state index contributed by atoms with van der Waals surface area (Å²) < 4.78 is 39.3. The van der Waals surface area contributed by atoms with Crippen LogP contribution in [0.2, 0.25) is 0 Å². The topological polar surface area (TPSA) is 93.7 Å². The van der Waals surface area contributed by atoms with Crippen molar-refractivity contribution >= 4 is 27.7 Å². The first-order chi connectivity index (χ1) is 14.8. The Morgan fingerprint density at radius 3 is 2.48 bits per heavy atom. The second-order valence-corrected chi connectivity index (χ2v) is 10.8. The third kappa shape index (κ3) is 8.90. The Morgan fingerprint density at radius 1 is 1.06 bits per heavy atom. The van der Waals surface area contributed by atoms with Crippen LogP contribution in [-0.4, -0.2) is 52.1 Å². The van der Waals surface area contributed by atoms with Gasteiger partial charge in [0.1, 0.15) is 19.3 Å². The van der Waals surface area contributed by atoms with E-state index in [1.807, 2.05) is 6.26 Å². The van der Waals surface area contributed by atoms with Gasteiger partial charge in [0, 0.05) is 12.6 Å². The normalized spacial score (nSPS) is 14.5. The fourth-order valence-corrected chi connectivity index (χ4v) is 5.01. The van der Waals surface area contributed by atoms with Crippen molar-refractivity contribution in [2.24, 2.45) is 5.92 Å². The van der Waals surface area contributed by atoms with E-state index < -0.39 is 16.1 Å². The number of thioether (sulfide) groups is 1. The lowest BCUT2D eigenvalue weighted by molar-refractivity contribution is -0.122. The van der Waals surface area contributed by atoms with Gasteiger partial charge in [0.25, 0.3) is 0 Å². The molecule has 1 heterocycles. The summed E-state index contributed by atoms with van der Waals surface area (Å²) in [5.41, 5.74) is 0. The molecule has 0 fully saturated rings. The van der Waals surface area contributed by atoms with E-state index >= 15 is 0 Å². The first kappa shape index (κ1) is 25.8. The Kier molecular flexibility index (Phi) is 11.0. The van der Waals surface area contributed by atoms with Crippen molar-refractivity contribution in [1.82, 2.24) is 10.0 Å². The smallest absolute Gasteiger partial charge is 0.241 e. The summed E-state index contributed by atoms with van der Waals surface area (Å²) in [7, 11) is -3.87. The van der Waals surface area contributed by atoms with Crippen molar-refractivity contribution in [2.45, 2.75) is 63.3 Å². The quantitative estimate of drug-likeness (QED) is 0.402. The molecule has 31 heavy (non-hydrogen) atoms. The molecule has 7 nitrogen and oxygen atoms in total. The molecule has 9 heteroatoms. The molecular weight excluding hydrogens is 436 g/mol. The zero-order valence-electron chi connectivity index (χ0n) is 18.8. The second kappa shape index (κ2) is 13.2. The van der Waals surface area contributed by atoms with E-state index in [9.17, 15) is 13.2 Å². The van der Waals surface area contributed by atoms with Crippen LogP contribution in [0.25, 0.3) is 0 Å². The molecule has 176 valence electrons. The maximum atomic E-state index is 12.9. The largest absolute Gasteiger partial charge is 0.486 e. The highest BCUT2D eigenvalue weighted by molar-refractivity contribution is 7.98. The average molecular weight is 473 g/mol. The lowest BCUT2D eigenvalue weighted by Crippen LogP contribution is -2.47. The van der Waals surface area contributed by atoms with Crippen LogP contribution >= 0.6 is 11.8 Å². The summed E-state index contributed by atoms with van der Waals surface area (Å²) in [4.78, 5) is 12.7. The van der Waals surface area contributed by atoms with E-state index in [0.717, 1.165) is 25.2 Å². The summed E-state index contributed by atoms with van der Waals surface area (Å²) in [5, 5.41) is 2.90. The summed E-state index contributed by atoms with van der Waals surface area (Å²) >= 11 is 1.58. The molecule has 0 spiro atoms. The molecule has 0 aromatic heterocycles. The highest BCUT2D eigenvalue weighted by Gasteiger charge is 2.26. The van der Waals surface area contributed by atoms with E-state index in [1.165, 1.54) is 25.0 Å². The molecule has 1 atom stereocenters. The van der Waals surface area contributed by atoms with Gasteiger partial charge < -0.3 is 14.8 Å². The number of amides is 1. The molecule has 1 aromatic carbocycles. The number of rotatable bonds is 14. The van der Waals surface area contributed by atoms with Crippen LogP contribution in [0.15, 0.2) is 23.1 Å². The van der Waals surface area contributed by atoms with Gasteiger partial charge in [0.2, 0.25) is 15.9 Å². The van der Waals surface area contributed by atoms with Crippen LogP contribution < -0.4 is 19.5 Å². The van der Waals surface area contributed by atoms with E-state index in [2.05, 4.69) is 23.9 Å². The SMILES string of the molecule is CSCCC(NS(=O)(=O)c1ccc2c(c1)OCCO2)C(=O)NCCCCCCC(C)C. The molecule has 2 N–H and O–H groups in total. The number of fused-ring (bicyclic) bond motifs is 1. The second-order valence-electron chi connectivity index (χ2n) is 8.15. The van der Waals surface area contributed by atoms with Gasteiger partial charge in [-0.3, -0.25) is 4.79 Å². The Balaban J connectivity index is 1.91. The van der Waals surface area contributed by atoms with Crippen molar-refractivity contribution < 1.29 is 22.7 Å². The summed E-state index contributed by atoms with van der Waals surface area (Å²) in [6.45, 7) is 5.82. The number of benzene rings is 1. The standard InChI is InChI=1S/C22H36N2O5S2/c1-17(2)8-6-4-5-7-12-23-22(25)19(11-15-30-3)24-31(26,27)18-9-10-20-21(16-18)29-14-13-28-20/h9-10,16-17,19,24H,4-8,11-15H2,1-3H3,(H,23,25). The van der Waals surface area contributed by atoms with Gasteiger partial charge in [0.15, 0.2) is 11.5 Å². The molecule has 0 saturated carbocycles. The molecule has 1 aromatic rings. The van der Waals surface area contributed by atoms with Crippen molar-refractivity contribution in [2.75, 3.05) is 31.8 Å². The number of unbranched alkanes of at least 4 members (excludes halogenated alkanes) is 3. The number of sulfonamides is 1. The Labute approximate surface area is 191 Å². The minimum atomic E-state index is -3.87. The van der Waals surface area contributed by atoms with Crippen LogP contribution in [0, 0.1) is 5.92 Å². The fourth-order valence-electron chi connectivity index (χ4n) is 3.29. The van der Waals surface area contributed by atoms with Crippen molar-refractivity contribution in [3.63, 3.8) is 0 Å². The van der Waals surface area contributed by atoms with E-state index in [0.29, 0.717) is 43.4 Å². The zero-order valence-corrected chi connectivity index (χ0v) is 20.4. The average Bonchev–Trinajstić information content (AvgIpc) is 2.75. The molecule has 1 amide bonds.